The van der Waals surface area contributed by atoms with Crippen molar-refractivity contribution in [3.63, 3.8) is 0 Å². The number of anilines is 1. The van der Waals surface area contributed by atoms with E-state index in [1.165, 1.54) is 6.42 Å². The van der Waals surface area contributed by atoms with Gasteiger partial charge in [0, 0.05) is 17.7 Å². The Labute approximate surface area is 214 Å². The third-order valence-corrected chi connectivity index (χ3v) is 7.67. The first-order chi connectivity index (χ1) is 17.1. The molecular formula is C29H36BNO5. The van der Waals surface area contributed by atoms with Gasteiger partial charge in [0.05, 0.1) is 17.7 Å². The summed E-state index contributed by atoms with van der Waals surface area (Å²) < 4.78 is 12.4. The van der Waals surface area contributed by atoms with E-state index < -0.39 is 24.3 Å². The molecule has 0 aromatic heterocycles. The first-order valence-electron chi connectivity index (χ1n) is 12.8. The highest BCUT2D eigenvalue weighted by Gasteiger charge is 2.51. The number of aliphatic carboxylic acids is 1. The normalized spacial score (nSPS) is 19.5. The van der Waals surface area contributed by atoms with Crippen molar-refractivity contribution in [3.05, 3.63) is 65.7 Å². The largest absolute Gasteiger partial charge is 0.494 e. The van der Waals surface area contributed by atoms with Gasteiger partial charge in [-0.05, 0) is 75.3 Å². The average Bonchev–Trinajstić information content (AvgIpc) is 3.08. The van der Waals surface area contributed by atoms with E-state index in [1.54, 1.807) is 6.08 Å². The van der Waals surface area contributed by atoms with Crippen molar-refractivity contribution < 1.29 is 24.0 Å². The second kappa shape index (κ2) is 10.6. The number of benzene rings is 2. The zero-order valence-electron chi connectivity index (χ0n) is 21.7. The van der Waals surface area contributed by atoms with Crippen molar-refractivity contribution in [2.45, 2.75) is 77.5 Å². The van der Waals surface area contributed by atoms with Gasteiger partial charge in [0.15, 0.2) is 0 Å². The molecule has 1 amide bonds. The molecule has 2 aliphatic rings. The predicted octanol–water partition coefficient (Wildman–Crippen LogP) is 5.20. The van der Waals surface area contributed by atoms with Crippen LogP contribution >= 0.6 is 0 Å². The summed E-state index contributed by atoms with van der Waals surface area (Å²) in [6.45, 7) is 8.59. The molecule has 1 aliphatic carbocycles. The molecule has 1 aliphatic heterocycles. The van der Waals surface area contributed by atoms with Crippen LogP contribution in [-0.4, -0.2) is 35.3 Å². The summed E-state index contributed by atoms with van der Waals surface area (Å²) in [7, 11) is -0.429. The molecule has 1 saturated heterocycles. The highest BCUT2D eigenvalue weighted by atomic mass is 16.7. The van der Waals surface area contributed by atoms with Crippen molar-refractivity contribution in [3.8, 4) is 0 Å². The van der Waals surface area contributed by atoms with Crippen molar-refractivity contribution >= 4 is 36.2 Å². The maximum Gasteiger partial charge on any atom is 0.494 e. The van der Waals surface area contributed by atoms with Crippen LogP contribution in [0.1, 0.15) is 70.9 Å². The number of carboxylic acid groups (broad SMARTS) is 1. The lowest BCUT2D eigenvalue weighted by Gasteiger charge is -2.32. The summed E-state index contributed by atoms with van der Waals surface area (Å²) in [6, 6.07) is 15.5. The maximum absolute atomic E-state index is 13.7. The Kier molecular flexibility index (Phi) is 7.72. The molecule has 1 N–H and O–H groups in total. The van der Waals surface area contributed by atoms with Crippen molar-refractivity contribution in [1.29, 1.82) is 0 Å². The molecular weight excluding hydrogens is 453 g/mol. The van der Waals surface area contributed by atoms with E-state index in [0.29, 0.717) is 6.54 Å². The smallest absolute Gasteiger partial charge is 0.478 e. The van der Waals surface area contributed by atoms with Crippen molar-refractivity contribution in [2.75, 3.05) is 4.90 Å². The minimum atomic E-state index is -1.00. The number of amides is 1. The Morgan fingerprint density at radius 2 is 1.64 bits per heavy atom. The van der Waals surface area contributed by atoms with Gasteiger partial charge in [0.1, 0.15) is 0 Å². The minimum Gasteiger partial charge on any atom is -0.478 e. The van der Waals surface area contributed by atoms with Crippen LogP contribution in [-0.2, 0) is 25.4 Å². The van der Waals surface area contributed by atoms with E-state index in [1.807, 2.05) is 81.1 Å². The SMILES string of the molecule is CC1(C)OB(c2ccc(CN(C(=O)C3CCCCC3)c3cccc(C=CC(=O)O)c3)cc2)OC1(C)C. The predicted molar refractivity (Wildman–Crippen MR) is 143 cm³/mol. The lowest BCUT2D eigenvalue weighted by Crippen LogP contribution is -2.41. The Hall–Kier alpha value is -2.90. The Balaban J connectivity index is 1.57. The van der Waals surface area contributed by atoms with Gasteiger partial charge in [-0.1, -0.05) is 55.7 Å². The van der Waals surface area contributed by atoms with Gasteiger partial charge in [-0.3, -0.25) is 4.79 Å². The Bertz CT molecular complexity index is 1100. The summed E-state index contributed by atoms with van der Waals surface area (Å²) in [6.07, 6.45) is 7.82. The van der Waals surface area contributed by atoms with Gasteiger partial charge in [-0.2, -0.15) is 0 Å². The van der Waals surface area contributed by atoms with Gasteiger partial charge in [0.2, 0.25) is 5.91 Å². The molecule has 0 spiro atoms. The first-order valence-corrected chi connectivity index (χ1v) is 12.8. The summed E-state index contributed by atoms with van der Waals surface area (Å²) >= 11 is 0. The fourth-order valence-electron chi connectivity index (χ4n) is 4.77. The molecule has 0 unspecified atom stereocenters. The van der Waals surface area contributed by atoms with Crippen molar-refractivity contribution in [1.82, 2.24) is 0 Å². The Morgan fingerprint density at radius 3 is 2.25 bits per heavy atom. The Morgan fingerprint density at radius 1 is 1.00 bits per heavy atom. The molecule has 4 rings (SSSR count). The van der Waals surface area contributed by atoms with E-state index in [0.717, 1.165) is 54.0 Å². The third kappa shape index (κ3) is 5.90. The lowest BCUT2D eigenvalue weighted by molar-refractivity contribution is -0.131. The molecule has 1 heterocycles. The highest BCUT2D eigenvalue weighted by molar-refractivity contribution is 6.62. The first kappa shape index (κ1) is 26.2. The van der Waals surface area contributed by atoms with Gasteiger partial charge in [-0.25, -0.2) is 4.79 Å². The van der Waals surface area contributed by atoms with Crippen LogP contribution in [0.3, 0.4) is 0 Å². The topological polar surface area (TPSA) is 76.1 Å². The van der Waals surface area contributed by atoms with Crippen LogP contribution in [0.2, 0.25) is 0 Å². The summed E-state index contributed by atoms with van der Waals surface area (Å²) in [5.41, 5.74) is 2.66. The standard InChI is InChI=1S/C29H36BNO5/c1-28(2)29(3,4)36-30(35-28)24-16-13-22(14-17-24)20-31(27(34)23-10-6-5-7-11-23)25-12-8-9-21(19-25)15-18-26(32)33/h8-9,12-19,23H,5-7,10-11,20H2,1-4H3,(H,32,33). The molecule has 2 aromatic carbocycles. The molecule has 36 heavy (non-hydrogen) atoms. The zero-order valence-corrected chi connectivity index (χ0v) is 21.7. The number of carboxylic acids is 1. The van der Waals surface area contributed by atoms with Crippen molar-refractivity contribution in [2.24, 2.45) is 5.92 Å². The monoisotopic (exact) mass is 489 g/mol. The van der Waals surface area contributed by atoms with E-state index in [-0.39, 0.29) is 11.8 Å². The average molecular weight is 489 g/mol. The molecule has 0 bridgehead atoms. The zero-order chi connectivity index (χ0) is 25.9. The van der Waals surface area contributed by atoms with Crippen LogP contribution in [0, 0.1) is 5.92 Å². The molecule has 0 radical (unpaired) electrons. The number of hydrogen-bond acceptors (Lipinski definition) is 4. The number of hydrogen-bond donors (Lipinski definition) is 1. The molecule has 190 valence electrons. The molecule has 6 nitrogen and oxygen atoms in total. The van der Waals surface area contributed by atoms with Gasteiger partial charge >= 0.3 is 13.1 Å². The quantitative estimate of drug-likeness (QED) is 0.428. The van der Waals surface area contributed by atoms with Crippen LogP contribution in [0.15, 0.2) is 54.6 Å². The maximum atomic E-state index is 13.7. The van der Waals surface area contributed by atoms with Gasteiger partial charge < -0.3 is 19.3 Å². The van der Waals surface area contributed by atoms with E-state index in [4.69, 9.17) is 14.4 Å². The van der Waals surface area contributed by atoms with Crippen LogP contribution < -0.4 is 10.4 Å². The van der Waals surface area contributed by atoms with Crippen LogP contribution in [0.25, 0.3) is 6.08 Å². The van der Waals surface area contributed by atoms with E-state index in [9.17, 15) is 9.59 Å². The lowest BCUT2D eigenvalue weighted by atomic mass is 9.79. The summed E-state index contributed by atoms with van der Waals surface area (Å²) in [4.78, 5) is 26.5. The second-order valence-electron chi connectivity index (χ2n) is 10.9. The number of rotatable bonds is 7. The molecule has 2 fully saturated rings. The fraction of sp³-hybridized carbons (Fsp3) is 0.448. The number of carbonyl (C=O) groups excluding carboxylic acids is 1. The number of carbonyl (C=O) groups is 2. The third-order valence-electron chi connectivity index (χ3n) is 7.67. The fourth-order valence-corrected chi connectivity index (χ4v) is 4.77. The second-order valence-corrected chi connectivity index (χ2v) is 10.9. The summed E-state index contributed by atoms with van der Waals surface area (Å²) in [5.74, 6) is -0.859. The molecule has 0 atom stereocenters. The summed E-state index contributed by atoms with van der Waals surface area (Å²) in [5, 5.41) is 9.00. The molecule has 1 saturated carbocycles. The molecule has 7 heteroatoms. The van der Waals surface area contributed by atoms with E-state index >= 15 is 0 Å². The van der Waals surface area contributed by atoms with Gasteiger partial charge in [-0.15, -0.1) is 0 Å². The minimum absolute atomic E-state index is 0.0148. The van der Waals surface area contributed by atoms with Gasteiger partial charge in [0.25, 0.3) is 0 Å². The van der Waals surface area contributed by atoms with E-state index in [2.05, 4.69) is 0 Å². The highest BCUT2D eigenvalue weighted by Crippen LogP contribution is 2.36. The number of nitrogens with zero attached hydrogens (tertiary/aromatic N) is 1. The van der Waals surface area contributed by atoms with Crippen LogP contribution in [0.5, 0.6) is 0 Å². The van der Waals surface area contributed by atoms with Crippen LogP contribution in [0.4, 0.5) is 5.69 Å². The molecule has 2 aromatic rings.